The van der Waals surface area contributed by atoms with E-state index in [0.717, 1.165) is 23.8 Å². The first-order chi connectivity index (χ1) is 10.3. The number of nitrogens with one attached hydrogen (secondary N) is 1. The van der Waals surface area contributed by atoms with Crippen LogP contribution in [-0.4, -0.2) is 37.1 Å². The van der Waals surface area contributed by atoms with E-state index in [4.69, 9.17) is 0 Å². The smallest absolute Gasteiger partial charge is 0.0198 e. The van der Waals surface area contributed by atoms with E-state index < -0.39 is 0 Å². The van der Waals surface area contributed by atoms with Gasteiger partial charge in [0, 0.05) is 25.7 Å². The summed E-state index contributed by atoms with van der Waals surface area (Å²) in [4.78, 5) is 2.81. The van der Waals surface area contributed by atoms with Crippen molar-refractivity contribution in [2.45, 2.75) is 77.2 Å². The van der Waals surface area contributed by atoms with E-state index in [0.29, 0.717) is 0 Å². The normalized spacial score (nSPS) is 33.0. The summed E-state index contributed by atoms with van der Waals surface area (Å²) in [5.41, 5.74) is 0. The SMILES string of the molecule is CCC1CC(NCC2CCCC2)CN(CC2CCCC2)C1. The van der Waals surface area contributed by atoms with Crippen LogP contribution >= 0.6 is 0 Å². The zero-order valence-corrected chi connectivity index (χ0v) is 14.2. The van der Waals surface area contributed by atoms with Crippen LogP contribution in [0, 0.1) is 17.8 Å². The molecule has 2 heteroatoms. The molecule has 1 N–H and O–H groups in total. The summed E-state index contributed by atoms with van der Waals surface area (Å²) >= 11 is 0. The molecule has 2 unspecified atom stereocenters. The van der Waals surface area contributed by atoms with Crippen LogP contribution < -0.4 is 5.32 Å². The van der Waals surface area contributed by atoms with Crippen molar-refractivity contribution in [3.63, 3.8) is 0 Å². The number of hydrogen-bond donors (Lipinski definition) is 1. The van der Waals surface area contributed by atoms with Gasteiger partial charge in [0.15, 0.2) is 0 Å². The minimum absolute atomic E-state index is 0.769. The summed E-state index contributed by atoms with van der Waals surface area (Å²) in [6.45, 7) is 7.75. The van der Waals surface area contributed by atoms with Crippen LogP contribution in [0.4, 0.5) is 0 Å². The third-order valence-corrected chi connectivity index (χ3v) is 6.35. The Labute approximate surface area is 132 Å². The van der Waals surface area contributed by atoms with E-state index in [1.54, 1.807) is 0 Å². The van der Waals surface area contributed by atoms with Crippen molar-refractivity contribution in [2.75, 3.05) is 26.2 Å². The predicted molar refractivity (Wildman–Crippen MR) is 90.5 cm³/mol. The Hall–Kier alpha value is -0.0800. The highest BCUT2D eigenvalue weighted by Gasteiger charge is 2.29. The van der Waals surface area contributed by atoms with Crippen LogP contribution in [0.5, 0.6) is 0 Å². The maximum atomic E-state index is 3.94. The molecule has 1 aliphatic heterocycles. The van der Waals surface area contributed by atoms with Gasteiger partial charge in [-0.25, -0.2) is 0 Å². The number of hydrogen-bond acceptors (Lipinski definition) is 2. The average molecular weight is 293 g/mol. The molecule has 2 nitrogen and oxygen atoms in total. The van der Waals surface area contributed by atoms with Crippen molar-refractivity contribution < 1.29 is 0 Å². The van der Waals surface area contributed by atoms with E-state index in [1.807, 2.05) is 0 Å². The largest absolute Gasteiger partial charge is 0.312 e. The van der Waals surface area contributed by atoms with Gasteiger partial charge in [0.1, 0.15) is 0 Å². The van der Waals surface area contributed by atoms with Crippen molar-refractivity contribution in [1.82, 2.24) is 10.2 Å². The summed E-state index contributed by atoms with van der Waals surface area (Å²) in [7, 11) is 0. The first-order valence-corrected chi connectivity index (χ1v) is 9.79. The zero-order chi connectivity index (χ0) is 14.5. The van der Waals surface area contributed by atoms with E-state index >= 15 is 0 Å². The molecule has 122 valence electrons. The number of piperidine rings is 1. The predicted octanol–water partition coefficient (Wildman–Crippen LogP) is 4.06. The zero-order valence-electron chi connectivity index (χ0n) is 14.2. The van der Waals surface area contributed by atoms with Gasteiger partial charge in [0.2, 0.25) is 0 Å². The fourth-order valence-electron chi connectivity index (χ4n) is 5.00. The molecular formula is C19H36N2. The maximum absolute atomic E-state index is 3.94. The summed E-state index contributed by atoms with van der Waals surface area (Å²) in [6.07, 6.45) is 14.6. The lowest BCUT2D eigenvalue weighted by atomic mass is 9.91. The second-order valence-corrected chi connectivity index (χ2v) is 8.13. The van der Waals surface area contributed by atoms with E-state index in [-0.39, 0.29) is 0 Å². The Bertz CT molecular complexity index is 292. The van der Waals surface area contributed by atoms with E-state index in [1.165, 1.54) is 90.4 Å². The molecule has 0 aromatic carbocycles. The highest BCUT2D eigenvalue weighted by Crippen LogP contribution is 2.29. The average Bonchev–Trinajstić information content (AvgIpc) is 3.18. The molecule has 2 saturated carbocycles. The summed E-state index contributed by atoms with van der Waals surface area (Å²) < 4.78 is 0. The highest BCUT2D eigenvalue weighted by molar-refractivity contribution is 4.86. The standard InChI is InChI=1S/C19H36N2/c1-2-16-11-19(20-12-17-7-3-4-8-17)15-21(13-16)14-18-9-5-6-10-18/h16-20H,2-15H2,1H3. The molecule has 2 atom stereocenters. The van der Waals surface area contributed by atoms with Crippen LogP contribution in [-0.2, 0) is 0 Å². The van der Waals surface area contributed by atoms with E-state index in [9.17, 15) is 0 Å². The molecule has 3 fully saturated rings. The molecule has 1 heterocycles. The molecule has 3 rings (SSSR count). The monoisotopic (exact) mass is 292 g/mol. The van der Waals surface area contributed by atoms with Crippen molar-refractivity contribution >= 4 is 0 Å². The van der Waals surface area contributed by atoms with Crippen LogP contribution in [0.2, 0.25) is 0 Å². The van der Waals surface area contributed by atoms with Crippen molar-refractivity contribution in [2.24, 2.45) is 17.8 Å². The molecule has 0 bridgehead atoms. The van der Waals surface area contributed by atoms with Gasteiger partial charge in [-0.15, -0.1) is 0 Å². The van der Waals surface area contributed by atoms with Gasteiger partial charge in [0.05, 0.1) is 0 Å². The topological polar surface area (TPSA) is 15.3 Å². The van der Waals surface area contributed by atoms with Gasteiger partial charge in [-0.1, -0.05) is 39.0 Å². The van der Waals surface area contributed by atoms with Crippen LogP contribution in [0.25, 0.3) is 0 Å². The maximum Gasteiger partial charge on any atom is 0.0198 e. The molecule has 1 saturated heterocycles. The Morgan fingerprint density at radius 3 is 2.19 bits per heavy atom. The molecule has 0 aromatic heterocycles. The third kappa shape index (κ3) is 4.69. The fraction of sp³-hybridized carbons (Fsp3) is 1.00. The third-order valence-electron chi connectivity index (χ3n) is 6.35. The second-order valence-electron chi connectivity index (χ2n) is 8.13. The van der Waals surface area contributed by atoms with Crippen LogP contribution in [0.15, 0.2) is 0 Å². The second kappa shape index (κ2) is 7.97. The molecular weight excluding hydrogens is 256 g/mol. The lowest BCUT2D eigenvalue weighted by Crippen LogP contribution is -2.50. The van der Waals surface area contributed by atoms with Gasteiger partial charge < -0.3 is 10.2 Å². The van der Waals surface area contributed by atoms with Gasteiger partial charge >= 0.3 is 0 Å². The first kappa shape index (κ1) is 15.8. The quantitative estimate of drug-likeness (QED) is 0.794. The van der Waals surface area contributed by atoms with Gasteiger partial charge in [-0.2, -0.15) is 0 Å². The molecule has 0 aromatic rings. The molecule has 0 radical (unpaired) electrons. The first-order valence-electron chi connectivity index (χ1n) is 9.79. The van der Waals surface area contributed by atoms with Gasteiger partial charge in [-0.05, 0) is 56.4 Å². The van der Waals surface area contributed by atoms with Crippen molar-refractivity contribution in [1.29, 1.82) is 0 Å². The summed E-state index contributed by atoms with van der Waals surface area (Å²) in [5.74, 6) is 2.92. The van der Waals surface area contributed by atoms with Gasteiger partial charge in [0.25, 0.3) is 0 Å². The molecule has 0 amide bonds. The lowest BCUT2D eigenvalue weighted by Gasteiger charge is -2.39. The fourth-order valence-corrected chi connectivity index (χ4v) is 5.00. The summed E-state index contributed by atoms with van der Waals surface area (Å²) in [5, 5.41) is 3.94. The molecule has 21 heavy (non-hydrogen) atoms. The lowest BCUT2D eigenvalue weighted by molar-refractivity contribution is 0.119. The molecule has 2 aliphatic carbocycles. The Balaban J connectivity index is 1.45. The molecule has 0 spiro atoms. The summed E-state index contributed by atoms with van der Waals surface area (Å²) in [6, 6.07) is 0.769. The number of nitrogens with zero attached hydrogens (tertiary/aromatic N) is 1. The highest BCUT2D eigenvalue weighted by atomic mass is 15.2. The minimum atomic E-state index is 0.769. The van der Waals surface area contributed by atoms with Crippen LogP contribution in [0.1, 0.15) is 71.1 Å². The van der Waals surface area contributed by atoms with Crippen LogP contribution in [0.3, 0.4) is 0 Å². The number of rotatable bonds is 6. The van der Waals surface area contributed by atoms with Crippen molar-refractivity contribution in [3.8, 4) is 0 Å². The Kier molecular flexibility index (Phi) is 5.99. The van der Waals surface area contributed by atoms with E-state index in [2.05, 4.69) is 17.1 Å². The van der Waals surface area contributed by atoms with Crippen molar-refractivity contribution in [3.05, 3.63) is 0 Å². The Morgan fingerprint density at radius 1 is 0.857 bits per heavy atom. The minimum Gasteiger partial charge on any atom is -0.312 e. The van der Waals surface area contributed by atoms with Gasteiger partial charge in [-0.3, -0.25) is 0 Å². The molecule has 3 aliphatic rings. The Morgan fingerprint density at radius 2 is 1.52 bits per heavy atom. The number of likely N-dealkylation sites (tertiary alicyclic amines) is 1.